The molecule has 0 fully saturated rings. The Kier molecular flexibility index (Phi) is 8.72. The Morgan fingerprint density at radius 2 is 1.76 bits per heavy atom. The van der Waals surface area contributed by atoms with Crippen LogP contribution in [0.2, 0.25) is 0 Å². The number of rotatable bonds is 9. The third-order valence-corrected chi connectivity index (χ3v) is 4.38. The van der Waals surface area contributed by atoms with Gasteiger partial charge in [-0.05, 0) is 31.7 Å². The molecule has 0 aliphatic rings. The highest BCUT2D eigenvalue weighted by Gasteiger charge is 2.23. The van der Waals surface area contributed by atoms with E-state index in [9.17, 15) is 5.11 Å². The summed E-state index contributed by atoms with van der Waals surface area (Å²) in [6.07, 6.45) is 6.05. The molecule has 1 nitrogen and oxygen atoms in total. The second-order valence-electron chi connectivity index (χ2n) is 5.89. The minimum Gasteiger partial charge on any atom is -0.388 e. The van der Waals surface area contributed by atoms with Crippen molar-refractivity contribution in [3.05, 3.63) is 46.5 Å². The standard InChI is InChI=1S/C19H29ClO/c1-4-6-8-17(14-20)18(9-7-5-2)19(21)16-12-10-15(3)11-13-16/h10-14,18-19,21H,4-9H2,1-3H3/b17-14-/t18-,19-/m0/s1. The first kappa shape index (κ1) is 18.3. The first-order valence-electron chi connectivity index (χ1n) is 8.17. The summed E-state index contributed by atoms with van der Waals surface area (Å²) >= 11 is 6.06. The number of halogens is 1. The van der Waals surface area contributed by atoms with Crippen molar-refractivity contribution in [3.63, 3.8) is 0 Å². The van der Waals surface area contributed by atoms with Crippen molar-refractivity contribution in [2.24, 2.45) is 5.92 Å². The molecule has 118 valence electrons. The third kappa shape index (κ3) is 5.84. The van der Waals surface area contributed by atoms with Crippen LogP contribution < -0.4 is 0 Å². The van der Waals surface area contributed by atoms with Crippen molar-refractivity contribution in [3.8, 4) is 0 Å². The van der Waals surface area contributed by atoms with E-state index >= 15 is 0 Å². The summed E-state index contributed by atoms with van der Waals surface area (Å²) in [5.74, 6) is 0.136. The smallest absolute Gasteiger partial charge is 0.0855 e. The number of hydrogen-bond donors (Lipinski definition) is 1. The molecule has 2 heteroatoms. The van der Waals surface area contributed by atoms with Crippen molar-refractivity contribution in [2.45, 2.75) is 65.4 Å². The van der Waals surface area contributed by atoms with Gasteiger partial charge in [0.2, 0.25) is 0 Å². The van der Waals surface area contributed by atoms with Gasteiger partial charge in [0.1, 0.15) is 0 Å². The first-order chi connectivity index (χ1) is 10.1. The summed E-state index contributed by atoms with van der Waals surface area (Å²) in [5.41, 5.74) is 5.11. The molecule has 0 saturated carbocycles. The minimum atomic E-state index is -0.459. The lowest BCUT2D eigenvalue weighted by Gasteiger charge is -2.26. The number of unbranched alkanes of at least 4 members (excludes halogenated alkanes) is 2. The third-order valence-electron chi connectivity index (χ3n) is 4.10. The van der Waals surface area contributed by atoms with Gasteiger partial charge < -0.3 is 5.11 Å². The molecule has 21 heavy (non-hydrogen) atoms. The van der Waals surface area contributed by atoms with Crippen LogP contribution in [0.1, 0.15) is 69.6 Å². The molecule has 0 aliphatic heterocycles. The number of aliphatic hydroxyl groups excluding tert-OH is 1. The molecule has 0 saturated heterocycles. The Labute approximate surface area is 135 Å². The van der Waals surface area contributed by atoms with Crippen LogP contribution in [0.4, 0.5) is 0 Å². The van der Waals surface area contributed by atoms with Gasteiger partial charge in [0.25, 0.3) is 0 Å². The quantitative estimate of drug-likeness (QED) is 0.580. The lowest BCUT2D eigenvalue weighted by Crippen LogP contribution is -2.15. The maximum absolute atomic E-state index is 10.8. The van der Waals surface area contributed by atoms with Crippen LogP contribution in [-0.4, -0.2) is 5.11 Å². The highest BCUT2D eigenvalue weighted by Crippen LogP contribution is 2.35. The van der Waals surface area contributed by atoms with Crippen LogP contribution in [0.15, 0.2) is 35.4 Å². The molecule has 1 N–H and O–H groups in total. The van der Waals surface area contributed by atoms with Gasteiger partial charge in [0.15, 0.2) is 0 Å². The zero-order valence-corrected chi connectivity index (χ0v) is 14.4. The second-order valence-corrected chi connectivity index (χ2v) is 6.11. The molecule has 0 bridgehead atoms. The van der Waals surface area contributed by atoms with E-state index in [-0.39, 0.29) is 5.92 Å². The van der Waals surface area contributed by atoms with E-state index in [2.05, 4.69) is 32.9 Å². The summed E-state index contributed by atoms with van der Waals surface area (Å²) < 4.78 is 0. The summed E-state index contributed by atoms with van der Waals surface area (Å²) in [6.45, 7) is 6.44. The van der Waals surface area contributed by atoms with Crippen LogP contribution in [0, 0.1) is 12.8 Å². The minimum absolute atomic E-state index is 0.136. The molecular formula is C19H29ClO. The summed E-state index contributed by atoms with van der Waals surface area (Å²) in [7, 11) is 0. The van der Waals surface area contributed by atoms with Crippen molar-refractivity contribution in [1.29, 1.82) is 0 Å². The van der Waals surface area contributed by atoms with Gasteiger partial charge in [-0.2, -0.15) is 0 Å². The largest absolute Gasteiger partial charge is 0.388 e. The van der Waals surface area contributed by atoms with Crippen molar-refractivity contribution >= 4 is 11.6 Å². The summed E-state index contributed by atoms with van der Waals surface area (Å²) in [4.78, 5) is 0. The number of hydrogen-bond acceptors (Lipinski definition) is 1. The Morgan fingerprint density at radius 3 is 2.29 bits per heavy atom. The Balaban J connectivity index is 2.91. The fourth-order valence-electron chi connectivity index (χ4n) is 2.67. The van der Waals surface area contributed by atoms with E-state index < -0.39 is 6.10 Å². The van der Waals surface area contributed by atoms with E-state index in [1.165, 1.54) is 11.1 Å². The lowest BCUT2D eigenvalue weighted by molar-refractivity contribution is 0.118. The van der Waals surface area contributed by atoms with E-state index in [4.69, 9.17) is 11.6 Å². The molecule has 2 atom stereocenters. The molecule has 0 heterocycles. The predicted octanol–water partition coefficient (Wildman–Crippen LogP) is 6.15. The maximum atomic E-state index is 10.8. The second kappa shape index (κ2) is 10.0. The highest BCUT2D eigenvalue weighted by atomic mass is 35.5. The molecule has 0 radical (unpaired) electrons. The van der Waals surface area contributed by atoms with Gasteiger partial charge >= 0.3 is 0 Å². The topological polar surface area (TPSA) is 20.2 Å². The van der Waals surface area contributed by atoms with E-state index in [1.54, 1.807) is 5.54 Å². The fourth-order valence-corrected chi connectivity index (χ4v) is 2.94. The zero-order valence-electron chi connectivity index (χ0n) is 13.6. The number of aryl methyl sites for hydroxylation is 1. The summed E-state index contributed by atoms with van der Waals surface area (Å²) in [5, 5.41) is 10.8. The molecule has 1 aromatic rings. The maximum Gasteiger partial charge on any atom is 0.0855 e. The van der Waals surface area contributed by atoms with Crippen LogP contribution in [0.3, 0.4) is 0 Å². The van der Waals surface area contributed by atoms with E-state index in [1.807, 2.05) is 12.1 Å². The molecule has 0 aromatic heterocycles. The average molecular weight is 309 g/mol. The molecule has 0 unspecified atom stereocenters. The Hall–Kier alpha value is -0.790. The molecular weight excluding hydrogens is 280 g/mol. The first-order valence-corrected chi connectivity index (χ1v) is 8.61. The van der Waals surface area contributed by atoms with Gasteiger partial charge in [-0.3, -0.25) is 0 Å². The summed E-state index contributed by atoms with van der Waals surface area (Å²) in [6, 6.07) is 8.19. The Bertz CT molecular complexity index is 422. The van der Waals surface area contributed by atoms with Crippen LogP contribution >= 0.6 is 11.6 Å². The monoisotopic (exact) mass is 308 g/mol. The van der Waals surface area contributed by atoms with Gasteiger partial charge in [-0.1, -0.05) is 80.1 Å². The van der Waals surface area contributed by atoms with E-state index in [0.717, 1.165) is 44.1 Å². The predicted molar refractivity (Wildman–Crippen MR) is 92.6 cm³/mol. The lowest BCUT2D eigenvalue weighted by atomic mass is 9.83. The molecule has 1 aromatic carbocycles. The van der Waals surface area contributed by atoms with Gasteiger partial charge in [0, 0.05) is 11.5 Å². The SMILES string of the molecule is CCCC/C(=C/Cl)[C@H](CCCC)[C@@H](O)c1ccc(C)cc1. The number of benzene rings is 1. The van der Waals surface area contributed by atoms with Gasteiger partial charge in [-0.25, -0.2) is 0 Å². The normalized spacial score (nSPS) is 15.0. The average Bonchev–Trinajstić information content (AvgIpc) is 2.50. The van der Waals surface area contributed by atoms with Crippen molar-refractivity contribution < 1.29 is 5.11 Å². The van der Waals surface area contributed by atoms with Gasteiger partial charge in [0.05, 0.1) is 6.10 Å². The van der Waals surface area contributed by atoms with Crippen LogP contribution in [-0.2, 0) is 0 Å². The van der Waals surface area contributed by atoms with Crippen molar-refractivity contribution in [1.82, 2.24) is 0 Å². The molecule has 1 rings (SSSR count). The number of aliphatic hydroxyl groups is 1. The highest BCUT2D eigenvalue weighted by molar-refractivity contribution is 6.25. The van der Waals surface area contributed by atoms with Gasteiger partial charge in [-0.15, -0.1) is 0 Å². The molecule has 0 spiro atoms. The molecule has 0 aliphatic carbocycles. The zero-order chi connectivity index (χ0) is 15.7. The molecule has 0 amide bonds. The fraction of sp³-hybridized carbons (Fsp3) is 0.579. The van der Waals surface area contributed by atoms with E-state index in [0.29, 0.717) is 0 Å². The Morgan fingerprint density at radius 1 is 1.14 bits per heavy atom. The van der Waals surface area contributed by atoms with Crippen LogP contribution in [0.5, 0.6) is 0 Å². The van der Waals surface area contributed by atoms with Crippen LogP contribution in [0.25, 0.3) is 0 Å². The van der Waals surface area contributed by atoms with Crippen molar-refractivity contribution in [2.75, 3.05) is 0 Å².